The first kappa shape index (κ1) is 12.3. The lowest BCUT2D eigenvalue weighted by Crippen LogP contribution is -2.25. The summed E-state index contributed by atoms with van der Waals surface area (Å²) in [5.74, 6) is 0.990. The Bertz CT molecular complexity index is 267. The van der Waals surface area contributed by atoms with Crippen LogP contribution in [-0.4, -0.2) is 19.8 Å². The van der Waals surface area contributed by atoms with E-state index in [1.54, 1.807) is 13.4 Å². The molecule has 0 radical (unpaired) electrons. The predicted molar refractivity (Wildman–Crippen MR) is 60.8 cm³/mol. The topological polar surface area (TPSA) is 34.4 Å². The van der Waals surface area contributed by atoms with Gasteiger partial charge in [0.2, 0.25) is 0 Å². The highest BCUT2D eigenvalue weighted by Gasteiger charge is 2.20. The minimum Gasteiger partial charge on any atom is -0.468 e. The summed E-state index contributed by atoms with van der Waals surface area (Å²) in [6.07, 6.45) is 3.71. The van der Waals surface area contributed by atoms with Crippen molar-refractivity contribution in [2.45, 2.75) is 38.3 Å². The zero-order valence-corrected chi connectivity index (χ0v) is 10.0. The quantitative estimate of drug-likeness (QED) is 0.785. The Hall–Kier alpha value is -0.800. The standard InChI is InChI=1S/C12H21NO2/c1-12(2,14-4)8-7-10(13-3)11-6-5-9-15-11/h5-6,9-10,13H,7-8H2,1-4H3. The molecule has 3 heteroatoms. The lowest BCUT2D eigenvalue weighted by atomic mass is 9.98. The molecule has 0 aliphatic heterocycles. The largest absolute Gasteiger partial charge is 0.468 e. The van der Waals surface area contributed by atoms with Crippen LogP contribution in [-0.2, 0) is 4.74 Å². The van der Waals surface area contributed by atoms with E-state index in [0.29, 0.717) is 0 Å². The van der Waals surface area contributed by atoms with E-state index in [2.05, 4.69) is 19.2 Å². The van der Waals surface area contributed by atoms with Gasteiger partial charge in [0.05, 0.1) is 17.9 Å². The van der Waals surface area contributed by atoms with Crippen LogP contribution >= 0.6 is 0 Å². The van der Waals surface area contributed by atoms with E-state index < -0.39 is 0 Å². The average Bonchev–Trinajstić information content (AvgIpc) is 2.72. The van der Waals surface area contributed by atoms with E-state index in [9.17, 15) is 0 Å². The molecule has 0 saturated heterocycles. The highest BCUT2D eigenvalue weighted by Crippen LogP contribution is 2.24. The SMILES string of the molecule is CNC(CCC(C)(C)OC)c1ccco1. The molecule has 1 unspecified atom stereocenters. The number of furan rings is 1. The van der Waals surface area contributed by atoms with Crippen LogP contribution in [0.1, 0.15) is 38.5 Å². The third kappa shape index (κ3) is 3.68. The van der Waals surface area contributed by atoms with Crippen molar-refractivity contribution in [3.8, 4) is 0 Å². The van der Waals surface area contributed by atoms with Crippen molar-refractivity contribution >= 4 is 0 Å². The summed E-state index contributed by atoms with van der Waals surface area (Å²) in [6, 6.07) is 4.19. The first-order valence-electron chi connectivity index (χ1n) is 5.35. The molecule has 0 bridgehead atoms. The van der Waals surface area contributed by atoms with Crippen LogP contribution in [0.4, 0.5) is 0 Å². The molecule has 1 atom stereocenters. The van der Waals surface area contributed by atoms with Gasteiger partial charge in [-0.2, -0.15) is 0 Å². The molecule has 0 aliphatic rings. The van der Waals surface area contributed by atoms with Crippen molar-refractivity contribution in [3.05, 3.63) is 24.2 Å². The van der Waals surface area contributed by atoms with Crippen molar-refractivity contribution in [1.82, 2.24) is 5.32 Å². The molecule has 0 aromatic carbocycles. The van der Waals surface area contributed by atoms with Crippen LogP contribution in [0, 0.1) is 0 Å². The normalized spacial score (nSPS) is 14.1. The lowest BCUT2D eigenvalue weighted by Gasteiger charge is -2.25. The number of hydrogen-bond donors (Lipinski definition) is 1. The molecule has 0 fully saturated rings. The fraction of sp³-hybridized carbons (Fsp3) is 0.667. The highest BCUT2D eigenvalue weighted by atomic mass is 16.5. The summed E-state index contributed by atoms with van der Waals surface area (Å²) in [7, 11) is 3.70. The summed E-state index contributed by atoms with van der Waals surface area (Å²) in [5.41, 5.74) is -0.0678. The second-order valence-electron chi connectivity index (χ2n) is 4.36. The van der Waals surface area contributed by atoms with Crippen molar-refractivity contribution in [1.29, 1.82) is 0 Å². The molecule has 0 spiro atoms. The van der Waals surface area contributed by atoms with Gasteiger partial charge in [0.25, 0.3) is 0 Å². The number of ether oxygens (including phenoxy) is 1. The van der Waals surface area contributed by atoms with Crippen molar-refractivity contribution < 1.29 is 9.15 Å². The third-order valence-electron chi connectivity index (χ3n) is 2.82. The first-order chi connectivity index (χ1) is 7.09. The van der Waals surface area contributed by atoms with Crippen LogP contribution < -0.4 is 5.32 Å². The van der Waals surface area contributed by atoms with Crippen molar-refractivity contribution in [3.63, 3.8) is 0 Å². The van der Waals surface area contributed by atoms with E-state index in [4.69, 9.17) is 9.15 Å². The van der Waals surface area contributed by atoms with E-state index >= 15 is 0 Å². The van der Waals surface area contributed by atoms with E-state index in [1.165, 1.54) is 0 Å². The molecular weight excluding hydrogens is 190 g/mol. The summed E-state index contributed by atoms with van der Waals surface area (Å²) >= 11 is 0. The summed E-state index contributed by atoms with van der Waals surface area (Å²) < 4.78 is 10.8. The molecule has 1 N–H and O–H groups in total. The maximum absolute atomic E-state index is 5.39. The number of hydrogen-bond acceptors (Lipinski definition) is 3. The average molecular weight is 211 g/mol. The Morgan fingerprint density at radius 2 is 2.27 bits per heavy atom. The smallest absolute Gasteiger partial charge is 0.120 e. The zero-order chi connectivity index (χ0) is 11.3. The summed E-state index contributed by atoms with van der Waals surface area (Å²) in [4.78, 5) is 0. The molecule has 1 aromatic heterocycles. The van der Waals surface area contributed by atoms with Gasteiger partial charge in [-0.3, -0.25) is 0 Å². The molecule has 15 heavy (non-hydrogen) atoms. The maximum Gasteiger partial charge on any atom is 0.120 e. The zero-order valence-electron chi connectivity index (χ0n) is 10.0. The molecule has 0 saturated carbocycles. The van der Waals surface area contributed by atoms with Gasteiger partial charge in [0, 0.05) is 7.11 Å². The third-order valence-corrected chi connectivity index (χ3v) is 2.82. The van der Waals surface area contributed by atoms with Crippen molar-refractivity contribution in [2.75, 3.05) is 14.2 Å². The number of nitrogens with one attached hydrogen (secondary N) is 1. The number of methoxy groups -OCH3 is 1. The highest BCUT2D eigenvalue weighted by molar-refractivity contribution is 5.04. The molecule has 1 heterocycles. The van der Waals surface area contributed by atoms with Crippen LogP contribution in [0.25, 0.3) is 0 Å². The molecule has 3 nitrogen and oxygen atoms in total. The monoisotopic (exact) mass is 211 g/mol. The Labute approximate surface area is 91.8 Å². The van der Waals surface area contributed by atoms with Gasteiger partial charge in [-0.1, -0.05) is 0 Å². The van der Waals surface area contributed by atoms with Crippen LogP contribution in [0.15, 0.2) is 22.8 Å². The Morgan fingerprint density at radius 1 is 1.53 bits per heavy atom. The molecule has 86 valence electrons. The Kier molecular flexibility index (Phi) is 4.36. The van der Waals surface area contributed by atoms with E-state index in [-0.39, 0.29) is 11.6 Å². The summed E-state index contributed by atoms with van der Waals surface area (Å²) in [5, 5.41) is 3.25. The van der Waals surface area contributed by atoms with Gasteiger partial charge in [-0.15, -0.1) is 0 Å². The lowest BCUT2D eigenvalue weighted by molar-refractivity contribution is 0.0114. The molecule has 0 aliphatic carbocycles. The predicted octanol–water partition coefficient (Wildman–Crippen LogP) is 2.75. The molecule has 1 aromatic rings. The van der Waals surface area contributed by atoms with Crippen molar-refractivity contribution in [2.24, 2.45) is 0 Å². The fourth-order valence-corrected chi connectivity index (χ4v) is 1.51. The molecular formula is C12H21NO2. The van der Waals surface area contributed by atoms with E-state index in [1.807, 2.05) is 19.2 Å². The minimum atomic E-state index is -0.0678. The Morgan fingerprint density at radius 3 is 2.73 bits per heavy atom. The van der Waals surface area contributed by atoms with Gasteiger partial charge in [0.15, 0.2) is 0 Å². The van der Waals surface area contributed by atoms with Gasteiger partial charge < -0.3 is 14.5 Å². The Balaban J connectivity index is 2.49. The number of rotatable bonds is 6. The first-order valence-corrected chi connectivity index (χ1v) is 5.35. The van der Waals surface area contributed by atoms with Gasteiger partial charge >= 0.3 is 0 Å². The van der Waals surface area contributed by atoms with Gasteiger partial charge in [-0.05, 0) is 45.9 Å². The van der Waals surface area contributed by atoms with Gasteiger partial charge in [-0.25, -0.2) is 0 Å². The van der Waals surface area contributed by atoms with Crippen LogP contribution in [0.2, 0.25) is 0 Å². The van der Waals surface area contributed by atoms with Crippen LogP contribution in [0.3, 0.4) is 0 Å². The molecule has 0 amide bonds. The minimum absolute atomic E-state index is 0.0678. The molecule has 1 rings (SSSR count). The summed E-state index contributed by atoms with van der Waals surface area (Å²) in [6.45, 7) is 4.20. The maximum atomic E-state index is 5.39. The second kappa shape index (κ2) is 5.33. The fourth-order valence-electron chi connectivity index (χ4n) is 1.51. The van der Waals surface area contributed by atoms with Crippen LogP contribution in [0.5, 0.6) is 0 Å². The second-order valence-corrected chi connectivity index (χ2v) is 4.36. The van der Waals surface area contributed by atoms with Gasteiger partial charge in [0.1, 0.15) is 5.76 Å². The van der Waals surface area contributed by atoms with E-state index in [0.717, 1.165) is 18.6 Å².